The van der Waals surface area contributed by atoms with Crippen molar-refractivity contribution < 1.29 is 14.3 Å². The van der Waals surface area contributed by atoms with Gasteiger partial charge in [-0.1, -0.05) is 0 Å². The fourth-order valence-corrected chi connectivity index (χ4v) is 2.40. The Hall–Kier alpha value is -1.82. The van der Waals surface area contributed by atoms with E-state index in [1.165, 1.54) is 0 Å². The number of fused-ring (bicyclic) bond motifs is 1. The SMILES string of the molecule is CC1CNC(=O)c2ccc(OC3CCNCC3)nc2O1. The van der Waals surface area contributed by atoms with Crippen LogP contribution in [0.5, 0.6) is 11.8 Å². The second-order valence-corrected chi connectivity index (χ2v) is 5.21. The number of nitrogens with zero attached hydrogens (tertiary/aromatic N) is 1. The van der Waals surface area contributed by atoms with Crippen LogP contribution in [0.15, 0.2) is 12.1 Å². The summed E-state index contributed by atoms with van der Waals surface area (Å²) in [6.45, 7) is 4.31. The van der Waals surface area contributed by atoms with Crippen molar-refractivity contribution in [3.8, 4) is 11.8 Å². The highest BCUT2D eigenvalue weighted by Crippen LogP contribution is 2.24. The predicted molar refractivity (Wildman–Crippen MR) is 73.2 cm³/mol. The number of hydrogen-bond acceptors (Lipinski definition) is 5. The van der Waals surface area contributed by atoms with Crippen LogP contribution in [0.2, 0.25) is 0 Å². The summed E-state index contributed by atoms with van der Waals surface area (Å²) in [5, 5.41) is 6.09. The van der Waals surface area contributed by atoms with Gasteiger partial charge in [0.2, 0.25) is 11.8 Å². The van der Waals surface area contributed by atoms with Crippen LogP contribution in [0.3, 0.4) is 0 Å². The zero-order chi connectivity index (χ0) is 13.9. The van der Waals surface area contributed by atoms with Crippen molar-refractivity contribution in [2.75, 3.05) is 19.6 Å². The second-order valence-electron chi connectivity index (χ2n) is 5.21. The molecule has 1 aromatic heterocycles. The van der Waals surface area contributed by atoms with Crippen LogP contribution >= 0.6 is 0 Å². The first kappa shape index (κ1) is 13.2. The van der Waals surface area contributed by atoms with Gasteiger partial charge in [0.1, 0.15) is 17.8 Å². The maximum atomic E-state index is 11.9. The van der Waals surface area contributed by atoms with Crippen molar-refractivity contribution in [3.05, 3.63) is 17.7 Å². The van der Waals surface area contributed by atoms with Gasteiger partial charge in [-0.05, 0) is 38.9 Å². The Labute approximate surface area is 117 Å². The van der Waals surface area contributed by atoms with Gasteiger partial charge < -0.3 is 20.1 Å². The Morgan fingerprint density at radius 1 is 1.35 bits per heavy atom. The molecule has 1 atom stereocenters. The van der Waals surface area contributed by atoms with Gasteiger partial charge in [-0.2, -0.15) is 4.98 Å². The highest BCUT2D eigenvalue weighted by atomic mass is 16.5. The van der Waals surface area contributed by atoms with E-state index in [1.54, 1.807) is 12.1 Å². The van der Waals surface area contributed by atoms with E-state index in [0.717, 1.165) is 25.9 Å². The molecule has 2 aliphatic heterocycles. The molecule has 0 aliphatic carbocycles. The Morgan fingerprint density at radius 2 is 2.15 bits per heavy atom. The fourth-order valence-electron chi connectivity index (χ4n) is 2.40. The van der Waals surface area contributed by atoms with Crippen LogP contribution in [0.25, 0.3) is 0 Å². The first-order valence-electron chi connectivity index (χ1n) is 7.05. The van der Waals surface area contributed by atoms with Crippen LogP contribution in [0.4, 0.5) is 0 Å². The average molecular weight is 277 g/mol. The average Bonchev–Trinajstić information content (AvgIpc) is 2.59. The molecule has 3 heterocycles. The van der Waals surface area contributed by atoms with E-state index in [-0.39, 0.29) is 18.1 Å². The molecule has 1 aromatic rings. The Bertz CT molecular complexity index is 500. The number of rotatable bonds is 2. The summed E-state index contributed by atoms with van der Waals surface area (Å²) in [6.07, 6.45) is 2.02. The van der Waals surface area contributed by atoms with E-state index >= 15 is 0 Å². The highest BCUT2D eigenvalue weighted by Gasteiger charge is 2.23. The number of carbonyl (C=O) groups excluding carboxylic acids is 1. The van der Waals surface area contributed by atoms with E-state index < -0.39 is 0 Å². The molecule has 2 aliphatic rings. The minimum absolute atomic E-state index is 0.0955. The topological polar surface area (TPSA) is 72.5 Å². The maximum absolute atomic E-state index is 11.9. The van der Waals surface area contributed by atoms with E-state index in [9.17, 15) is 4.79 Å². The smallest absolute Gasteiger partial charge is 0.256 e. The van der Waals surface area contributed by atoms with Gasteiger partial charge in [-0.25, -0.2) is 0 Å². The van der Waals surface area contributed by atoms with Crippen LogP contribution in [0.1, 0.15) is 30.1 Å². The lowest BCUT2D eigenvalue weighted by Crippen LogP contribution is -2.34. The lowest BCUT2D eigenvalue weighted by molar-refractivity contribution is 0.0952. The number of ether oxygens (including phenoxy) is 2. The molecule has 0 bridgehead atoms. The van der Waals surface area contributed by atoms with Gasteiger partial charge in [0, 0.05) is 6.07 Å². The summed E-state index contributed by atoms with van der Waals surface area (Å²) in [6, 6.07) is 3.45. The predicted octanol–water partition coefficient (Wildman–Crippen LogP) is 0.723. The molecular formula is C14H19N3O3. The van der Waals surface area contributed by atoms with E-state index in [2.05, 4.69) is 15.6 Å². The maximum Gasteiger partial charge on any atom is 0.256 e. The zero-order valence-corrected chi connectivity index (χ0v) is 11.5. The number of piperidine rings is 1. The minimum atomic E-state index is -0.148. The van der Waals surface area contributed by atoms with Crippen molar-refractivity contribution in [1.29, 1.82) is 0 Å². The Morgan fingerprint density at radius 3 is 2.95 bits per heavy atom. The summed E-state index contributed by atoms with van der Waals surface area (Å²) in [7, 11) is 0. The van der Waals surface area contributed by atoms with E-state index in [4.69, 9.17) is 9.47 Å². The molecule has 1 amide bonds. The number of aromatic nitrogens is 1. The standard InChI is InChI=1S/C14H19N3O3/c1-9-8-16-13(18)11-2-3-12(17-14(11)19-9)20-10-4-6-15-7-5-10/h2-3,9-10,15H,4-8H2,1H3,(H,16,18). The molecular weight excluding hydrogens is 258 g/mol. The molecule has 1 unspecified atom stereocenters. The number of pyridine rings is 1. The molecule has 6 nitrogen and oxygen atoms in total. The molecule has 6 heteroatoms. The zero-order valence-electron chi connectivity index (χ0n) is 11.5. The minimum Gasteiger partial charge on any atom is -0.474 e. The van der Waals surface area contributed by atoms with Crippen LogP contribution in [0, 0.1) is 0 Å². The monoisotopic (exact) mass is 277 g/mol. The van der Waals surface area contributed by atoms with Crippen LogP contribution in [-0.4, -0.2) is 42.7 Å². The van der Waals surface area contributed by atoms with Gasteiger partial charge in [0.15, 0.2) is 0 Å². The fraction of sp³-hybridized carbons (Fsp3) is 0.571. The summed E-state index contributed by atoms with van der Waals surface area (Å²) in [5.41, 5.74) is 0.465. The van der Waals surface area contributed by atoms with Crippen LogP contribution in [-0.2, 0) is 0 Å². The van der Waals surface area contributed by atoms with Gasteiger partial charge in [-0.15, -0.1) is 0 Å². The van der Waals surface area contributed by atoms with Crippen molar-refractivity contribution in [2.24, 2.45) is 0 Å². The normalized spacial score (nSPS) is 23.2. The highest BCUT2D eigenvalue weighted by molar-refractivity contribution is 5.96. The summed E-state index contributed by atoms with van der Waals surface area (Å²) in [4.78, 5) is 16.2. The van der Waals surface area contributed by atoms with Gasteiger partial charge in [0.05, 0.1) is 6.54 Å². The number of nitrogens with one attached hydrogen (secondary N) is 2. The quantitative estimate of drug-likeness (QED) is 0.833. The Kier molecular flexibility index (Phi) is 3.73. The molecule has 0 saturated carbocycles. The molecule has 20 heavy (non-hydrogen) atoms. The molecule has 0 aromatic carbocycles. The third-order valence-electron chi connectivity index (χ3n) is 3.52. The molecule has 1 saturated heterocycles. The summed E-state index contributed by atoms with van der Waals surface area (Å²) >= 11 is 0. The third kappa shape index (κ3) is 2.85. The summed E-state index contributed by atoms with van der Waals surface area (Å²) < 4.78 is 11.5. The van der Waals surface area contributed by atoms with Gasteiger partial charge >= 0.3 is 0 Å². The van der Waals surface area contributed by atoms with Gasteiger partial charge in [-0.3, -0.25) is 4.79 Å². The number of amides is 1. The Balaban J connectivity index is 1.78. The number of carbonyl (C=O) groups is 1. The molecule has 108 valence electrons. The van der Waals surface area contributed by atoms with E-state index in [0.29, 0.717) is 23.9 Å². The summed E-state index contributed by atoms with van der Waals surface area (Å²) in [5.74, 6) is 0.738. The third-order valence-corrected chi connectivity index (χ3v) is 3.52. The molecule has 0 spiro atoms. The molecule has 2 N–H and O–H groups in total. The molecule has 1 fully saturated rings. The first-order chi connectivity index (χ1) is 9.72. The van der Waals surface area contributed by atoms with Gasteiger partial charge in [0.25, 0.3) is 5.91 Å². The van der Waals surface area contributed by atoms with Crippen molar-refractivity contribution in [2.45, 2.75) is 32.0 Å². The van der Waals surface area contributed by atoms with E-state index in [1.807, 2.05) is 6.92 Å². The first-order valence-corrected chi connectivity index (χ1v) is 7.05. The van der Waals surface area contributed by atoms with Crippen LogP contribution < -0.4 is 20.1 Å². The largest absolute Gasteiger partial charge is 0.474 e. The molecule has 3 rings (SSSR count). The van der Waals surface area contributed by atoms with Crippen molar-refractivity contribution in [3.63, 3.8) is 0 Å². The lowest BCUT2D eigenvalue weighted by Gasteiger charge is -2.23. The van der Waals surface area contributed by atoms with Crippen molar-refractivity contribution in [1.82, 2.24) is 15.6 Å². The lowest BCUT2D eigenvalue weighted by atomic mass is 10.1. The molecule has 0 radical (unpaired) electrons. The second kappa shape index (κ2) is 5.66. The number of hydrogen-bond donors (Lipinski definition) is 2. The van der Waals surface area contributed by atoms with Crippen molar-refractivity contribution >= 4 is 5.91 Å².